The Balaban J connectivity index is 2.39. The summed E-state index contributed by atoms with van der Waals surface area (Å²) in [6.07, 6.45) is -3.10. The molecule has 0 aromatic heterocycles. The van der Waals surface area contributed by atoms with Crippen LogP contribution in [0.25, 0.3) is 0 Å². The molecule has 2 nitrogen and oxygen atoms in total. The molecule has 2 rings (SSSR count). The van der Waals surface area contributed by atoms with Crippen LogP contribution in [0.4, 0.5) is 0 Å². The maximum atomic E-state index is 7.83. The minimum Gasteiger partial charge on any atom is -0.352 e. The zero-order valence-corrected chi connectivity index (χ0v) is 5.18. The molecule has 0 N–H and O–H groups in total. The summed E-state index contributed by atoms with van der Waals surface area (Å²) in [6, 6.07) is 0. The van der Waals surface area contributed by atoms with Gasteiger partial charge < -0.3 is 9.47 Å². The standard InChI is InChI=1S/C7H12O2/c1-5-4-9-7-6(5)2-3-8-7/h5-7H,2-4H2,1H3/t5-,6-,7+/m0/s1/i2D2,3D2,5D. The minimum atomic E-state index is -2.37. The summed E-state index contributed by atoms with van der Waals surface area (Å²) >= 11 is 0. The zero-order valence-electron chi connectivity index (χ0n) is 10.2. The molecule has 0 aromatic rings. The second-order valence-corrected chi connectivity index (χ2v) is 2.37. The third-order valence-electron chi connectivity index (χ3n) is 1.67. The summed E-state index contributed by atoms with van der Waals surface area (Å²) in [7, 11) is 0. The predicted molar refractivity (Wildman–Crippen MR) is 33.0 cm³/mol. The minimum absolute atomic E-state index is 0.0813. The van der Waals surface area contributed by atoms with Crippen LogP contribution in [0.2, 0.25) is 0 Å². The van der Waals surface area contributed by atoms with Crippen molar-refractivity contribution < 1.29 is 16.3 Å². The molecular weight excluding hydrogens is 116 g/mol. The topological polar surface area (TPSA) is 18.5 Å². The van der Waals surface area contributed by atoms with Crippen LogP contribution in [0, 0.1) is 11.8 Å². The Bertz CT molecular complexity index is 265. The highest BCUT2D eigenvalue weighted by Gasteiger charge is 2.38. The Morgan fingerprint density at radius 2 is 2.56 bits per heavy atom. The van der Waals surface area contributed by atoms with Crippen molar-refractivity contribution >= 4 is 0 Å². The van der Waals surface area contributed by atoms with E-state index in [0.717, 1.165) is 0 Å². The smallest absolute Gasteiger partial charge is 0.160 e. The van der Waals surface area contributed by atoms with Gasteiger partial charge in [0.15, 0.2) is 6.29 Å². The molecule has 0 saturated carbocycles. The van der Waals surface area contributed by atoms with Gasteiger partial charge in [0.1, 0.15) is 0 Å². The molecular formula is C7H12O2. The van der Waals surface area contributed by atoms with E-state index in [4.69, 9.17) is 16.3 Å². The van der Waals surface area contributed by atoms with Crippen molar-refractivity contribution in [3.63, 3.8) is 0 Å². The summed E-state index contributed by atoms with van der Waals surface area (Å²) in [6.45, 7) is -0.747. The van der Waals surface area contributed by atoms with Crippen molar-refractivity contribution in [3.05, 3.63) is 0 Å². The molecule has 0 unspecified atom stereocenters. The second-order valence-electron chi connectivity index (χ2n) is 2.37. The molecule has 2 fully saturated rings. The average molecular weight is 133 g/mol. The van der Waals surface area contributed by atoms with E-state index in [1.54, 1.807) is 6.92 Å². The van der Waals surface area contributed by atoms with Gasteiger partial charge in [-0.05, 0) is 12.3 Å². The van der Waals surface area contributed by atoms with Gasteiger partial charge in [-0.15, -0.1) is 0 Å². The number of hydrogen-bond acceptors (Lipinski definition) is 2. The van der Waals surface area contributed by atoms with E-state index in [-0.39, 0.29) is 6.61 Å². The number of rotatable bonds is 0. The van der Waals surface area contributed by atoms with Gasteiger partial charge in [-0.2, -0.15) is 0 Å². The van der Waals surface area contributed by atoms with Crippen LogP contribution in [0.5, 0.6) is 0 Å². The SMILES string of the molecule is [2H]C1([2H])O[C@@H]2OC[C@]([2H])(C)[C@@H]2C1([2H])[2H]. The molecule has 0 aromatic carbocycles. The highest BCUT2D eigenvalue weighted by Crippen LogP contribution is 2.34. The van der Waals surface area contributed by atoms with Gasteiger partial charge >= 0.3 is 0 Å². The quantitative estimate of drug-likeness (QED) is 0.491. The summed E-state index contributed by atoms with van der Waals surface area (Å²) in [5.41, 5.74) is 0. The molecule has 3 atom stereocenters. The van der Waals surface area contributed by atoms with E-state index >= 15 is 0 Å². The largest absolute Gasteiger partial charge is 0.352 e. The maximum absolute atomic E-state index is 7.83. The fourth-order valence-electron chi connectivity index (χ4n) is 1.08. The molecule has 0 aliphatic carbocycles. The predicted octanol–water partition coefficient (Wildman–Crippen LogP) is 1.02. The molecule has 0 bridgehead atoms. The first-order chi connectivity index (χ1) is 6.18. The summed E-state index contributed by atoms with van der Waals surface area (Å²) in [4.78, 5) is 0. The van der Waals surface area contributed by atoms with Crippen molar-refractivity contribution in [2.45, 2.75) is 19.6 Å². The molecule has 9 heavy (non-hydrogen) atoms. The first kappa shape index (κ1) is 2.51. The van der Waals surface area contributed by atoms with Gasteiger partial charge in [0, 0.05) is 10.0 Å². The number of fused-ring (bicyclic) bond motifs is 1. The van der Waals surface area contributed by atoms with E-state index < -0.39 is 31.0 Å². The molecule has 2 saturated heterocycles. The van der Waals surface area contributed by atoms with Crippen LogP contribution in [0.1, 0.15) is 20.2 Å². The summed E-state index contributed by atoms with van der Waals surface area (Å²) in [5.74, 6) is -2.00. The maximum Gasteiger partial charge on any atom is 0.160 e. The first-order valence-corrected chi connectivity index (χ1v) is 2.98. The molecule has 0 amide bonds. The lowest BCUT2D eigenvalue weighted by Crippen LogP contribution is -2.12. The fourth-order valence-corrected chi connectivity index (χ4v) is 1.08. The van der Waals surface area contributed by atoms with Crippen LogP contribution in [0.3, 0.4) is 0 Å². The lowest BCUT2D eigenvalue weighted by molar-refractivity contribution is -0.0905. The third-order valence-corrected chi connectivity index (χ3v) is 1.67. The Morgan fingerprint density at radius 3 is 3.33 bits per heavy atom. The lowest BCUT2D eigenvalue weighted by Gasteiger charge is -2.07. The molecule has 52 valence electrons. The van der Waals surface area contributed by atoms with Crippen LogP contribution in [-0.4, -0.2) is 19.5 Å². The molecule has 0 radical (unpaired) electrons. The molecule has 2 aliphatic heterocycles. The van der Waals surface area contributed by atoms with E-state index in [0.29, 0.717) is 0 Å². The normalized spacial score (nSPS) is 77.2. The van der Waals surface area contributed by atoms with Crippen molar-refractivity contribution in [3.8, 4) is 0 Å². The monoisotopic (exact) mass is 133 g/mol. The van der Waals surface area contributed by atoms with Gasteiger partial charge in [0.05, 0.1) is 15.9 Å². The van der Waals surface area contributed by atoms with E-state index in [1.165, 1.54) is 0 Å². The van der Waals surface area contributed by atoms with Crippen molar-refractivity contribution in [1.82, 2.24) is 0 Å². The van der Waals surface area contributed by atoms with Crippen LogP contribution >= 0.6 is 0 Å². The first-order valence-electron chi connectivity index (χ1n) is 5.48. The fraction of sp³-hybridized carbons (Fsp3) is 1.00. The van der Waals surface area contributed by atoms with E-state index in [1.807, 2.05) is 0 Å². The highest BCUT2D eigenvalue weighted by atomic mass is 16.7. The molecule has 2 aliphatic rings. The van der Waals surface area contributed by atoms with Crippen molar-refractivity contribution in [1.29, 1.82) is 0 Å². The van der Waals surface area contributed by atoms with Gasteiger partial charge in [-0.3, -0.25) is 0 Å². The summed E-state index contributed by atoms with van der Waals surface area (Å²) < 4.78 is 47.8. The molecule has 0 spiro atoms. The third kappa shape index (κ3) is 0.775. The van der Waals surface area contributed by atoms with Gasteiger partial charge in [0.25, 0.3) is 0 Å². The Labute approximate surface area is 62.2 Å². The Morgan fingerprint density at radius 1 is 1.67 bits per heavy atom. The highest BCUT2D eigenvalue weighted by molar-refractivity contribution is 4.79. The molecule has 2 heterocycles. The lowest BCUT2D eigenvalue weighted by atomic mass is 9.96. The van der Waals surface area contributed by atoms with Crippen molar-refractivity contribution in [2.75, 3.05) is 13.2 Å². The van der Waals surface area contributed by atoms with Crippen LogP contribution in [0.15, 0.2) is 0 Å². The van der Waals surface area contributed by atoms with Crippen molar-refractivity contribution in [2.24, 2.45) is 11.8 Å². The van der Waals surface area contributed by atoms with E-state index in [9.17, 15) is 0 Å². The van der Waals surface area contributed by atoms with Gasteiger partial charge in [0.2, 0.25) is 0 Å². The summed E-state index contributed by atoms with van der Waals surface area (Å²) in [5, 5.41) is 0. The van der Waals surface area contributed by atoms with Crippen LogP contribution < -0.4 is 0 Å². The van der Waals surface area contributed by atoms with Gasteiger partial charge in [-0.1, -0.05) is 6.92 Å². The Kier molecular flexibility index (Phi) is 0.547. The van der Waals surface area contributed by atoms with Gasteiger partial charge in [-0.25, -0.2) is 0 Å². The Hall–Kier alpha value is -0.0800. The second kappa shape index (κ2) is 1.96. The number of hydrogen-bond donors (Lipinski definition) is 0. The van der Waals surface area contributed by atoms with E-state index in [2.05, 4.69) is 0 Å². The zero-order chi connectivity index (χ0) is 10.8. The number of ether oxygens (including phenoxy) is 2. The average Bonchev–Trinajstić information content (AvgIpc) is 2.32. The molecule has 2 heteroatoms. The van der Waals surface area contributed by atoms with Crippen LogP contribution in [-0.2, 0) is 9.47 Å².